The number of ketones is 1. The third kappa shape index (κ3) is 2.64. The molecule has 0 saturated heterocycles. The molecule has 1 aliphatic carbocycles. The molecule has 0 heterocycles. The maximum atomic E-state index is 12.2. The second-order valence-corrected chi connectivity index (χ2v) is 5.83. The Morgan fingerprint density at radius 1 is 1.33 bits per heavy atom. The lowest BCUT2D eigenvalue weighted by Crippen LogP contribution is -2.46. The Morgan fingerprint density at radius 3 is 2.61 bits per heavy atom. The summed E-state index contributed by atoms with van der Waals surface area (Å²) in [7, 11) is 0. The van der Waals surface area contributed by atoms with Crippen LogP contribution in [0.3, 0.4) is 0 Å². The van der Waals surface area contributed by atoms with Gasteiger partial charge in [-0.3, -0.25) is 4.79 Å². The lowest BCUT2D eigenvalue weighted by molar-refractivity contribution is -0.525. The number of nitrogens with zero attached hydrogens (tertiary/aromatic N) is 1. The summed E-state index contributed by atoms with van der Waals surface area (Å²) in [5, 5.41) is 12.2. The molecule has 1 aromatic rings. The van der Waals surface area contributed by atoms with Crippen LogP contribution in [0.1, 0.15) is 38.2 Å². The van der Waals surface area contributed by atoms with Crippen LogP contribution in [0.25, 0.3) is 0 Å². The van der Waals surface area contributed by atoms with E-state index in [2.05, 4.69) is 15.9 Å². The molecule has 18 heavy (non-hydrogen) atoms. The van der Waals surface area contributed by atoms with Crippen molar-refractivity contribution in [3.8, 4) is 0 Å². The van der Waals surface area contributed by atoms with Crippen molar-refractivity contribution in [3.05, 3.63) is 39.5 Å². The van der Waals surface area contributed by atoms with Crippen molar-refractivity contribution >= 4 is 27.9 Å². The van der Waals surface area contributed by atoms with E-state index in [1.165, 1.54) is 6.21 Å². The molecule has 1 aliphatic rings. The lowest BCUT2D eigenvalue weighted by Gasteiger charge is -2.30. The van der Waals surface area contributed by atoms with Crippen LogP contribution >= 0.6 is 15.9 Å². The minimum atomic E-state index is -0.884. The maximum Gasteiger partial charge on any atom is 0.227 e. The summed E-state index contributed by atoms with van der Waals surface area (Å²) in [6.07, 6.45) is 4.51. The molecule has 0 radical (unpaired) electrons. The third-order valence-corrected chi connectivity index (χ3v) is 4.07. The molecule has 0 spiro atoms. The molecule has 1 atom stereocenters. The van der Waals surface area contributed by atoms with Gasteiger partial charge >= 0.3 is 0 Å². The Balaban J connectivity index is 2.26. The molecule has 3 nitrogen and oxygen atoms in total. The Bertz CT molecular complexity index is 481. The summed E-state index contributed by atoms with van der Waals surface area (Å²) < 4.78 is 1.80. The number of hydrogen-bond acceptors (Lipinski definition) is 2. The third-order valence-electron chi connectivity index (χ3n) is 3.54. The predicted molar refractivity (Wildman–Crippen MR) is 74.8 cm³/mol. The standard InChI is InChI=1S/C14H16BrNO2/c1-14(9-3-2-4-13(14)17)16(18)10-11-5-7-12(15)8-6-11/h5-8,10H,2-4,9H2,1H3/b16-10-/t14-/m1/s1. The van der Waals surface area contributed by atoms with Crippen LogP contribution in [0.5, 0.6) is 0 Å². The Kier molecular flexibility index (Phi) is 3.85. The van der Waals surface area contributed by atoms with Gasteiger partial charge in [0, 0.05) is 29.8 Å². The topological polar surface area (TPSA) is 43.1 Å². The van der Waals surface area contributed by atoms with Gasteiger partial charge in [-0.15, -0.1) is 0 Å². The van der Waals surface area contributed by atoms with Crippen LogP contribution in [-0.2, 0) is 4.79 Å². The Labute approximate surface area is 115 Å². The van der Waals surface area contributed by atoms with Crippen molar-refractivity contribution in [1.29, 1.82) is 0 Å². The molecule has 2 rings (SSSR count). The first-order valence-electron chi connectivity index (χ1n) is 6.12. The summed E-state index contributed by atoms with van der Waals surface area (Å²) in [5.74, 6) is 0.0529. The molecule has 0 aromatic heterocycles. The summed E-state index contributed by atoms with van der Waals surface area (Å²) in [6, 6.07) is 7.46. The fourth-order valence-corrected chi connectivity index (χ4v) is 2.49. The SMILES string of the molecule is C[C@@]1(/[N+]([O-])=C/c2ccc(Br)cc2)CCCCC1=O. The smallest absolute Gasteiger partial charge is 0.227 e. The van der Waals surface area contributed by atoms with Gasteiger partial charge in [-0.2, -0.15) is 4.74 Å². The van der Waals surface area contributed by atoms with E-state index in [-0.39, 0.29) is 5.78 Å². The van der Waals surface area contributed by atoms with E-state index in [0.717, 1.165) is 27.6 Å². The van der Waals surface area contributed by atoms with Gasteiger partial charge < -0.3 is 5.21 Å². The highest BCUT2D eigenvalue weighted by Crippen LogP contribution is 2.27. The first-order chi connectivity index (χ1) is 8.52. The van der Waals surface area contributed by atoms with Gasteiger partial charge in [0.05, 0.1) is 0 Å². The van der Waals surface area contributed by atoms with Gasteiger partial charge in [0.1, 0.15) is 0 Å². The van der Waals surface area contributed by atoms with Crippen LogP contribution in [0.2, 0.25) is 0 Å². The van der Waals surface area contributed by atoms with Gasteiger partial charge in [0.2, 0.25) is 11.3 Å². The maximum absolute atomic E-state index is 12.2. The first kappa shape index (κ1) is 13.3. The zero-order valence-corrected chi connectivity index (χ0v) is 11.9. The van der Waals surface area contributed by atoms with E-state index in [9.17, 15) is 10.0 Å². The van der Waals surface area contributed by atoms with Crippen LogP contribution in [-0.4, -0.2) is 22.3 Å². The van der Waals surface area contributed by atoms with E-state index in [1.54, 1.807) is 6.92 Å². The number of halogens is 1. The number of rotatable bonds is 2. The normalized spacial score (nSPS) is 25.2. The molecule has 96 valence electrons. The van der Waals surface area contributed by atoms with E-state index in [0.29, 0.717) is 12.8 Å². The van der Waals surface area contributed by atoms with Gasteiger partial charge in [0.25, 0.3) is 0 Å². The highest BCUT2D eigenvalue weighted by atomic mass is 79.9. The molecule has 0 N–H and O–H groups in total. The second kappa shape index (κ2) is 5.22. The molecule has 0 aliphatic heterocycles. The van der Waals surface area contributed by atoms with Crippen LogP contribution in [0.4, 0.5) is 0 Å². The summed E-state index contributed by atoms with van der Waals surface area (Å²) in [6.45, 7) is 1.75. The van der Waals surface area contributed by atoms with Gasteiger partial charge in [-0.25, -0.2) is 0 Å². The highest BCUT2D eigenvalue weighted by molar-refractivity contribution is 9.10. The molecule has 0 bridgehead atoms. The Hall–Kier alpha value is -1.16. The first-order valence-corrected chi connectivity index (χ1v) is 6.92. The largest absolute Gasteiger partial charge is 0.623 e. The zero-order valence-electron chi connectivity index (χ0n) is 10.4. The molecular formula is C14H16BrNO2. The Morgan fingerprint density at radius 2 is 2.00 bits per heavy atom. The van der Waals surface area contributed by atoms with E-state index in [1.807, 2.05) is 24.3 Å². The monoisotopic (exact) mass is 309 g/mol. The average Bonchev–Trinajstić information content (AvgIpc) is 2.36. The van der Waals surface area contributed by atoms with Crippen LogP contribution < -0.4 is 0 Å². The molecule has 1 saturated carbocycles. The molecule has 4 heteroatoms. The molecule has 1 aromatic carbocycles. The molecule has 1 fully saturated rings. The number of carbonyl (C=O) groups is 1. The van der Waals surface area contributed by atoms with Crippen molar-refractivity contribution in [2.45, 2.75) is 38.1 Å². The van der Waals surface area contributed by atoms with Crippen molar-refractivity contribution in [1.82, 2.24) is 0 Å². The van der Waals surface area contributed by atoms with E-state index < -0.39 is 5.54 Å². The summed E-state index contributed by atoms with van der Waals surface area (Å²) in [5.41, 5.74) is -0.0708. The molecular weight excluding hydrogens is 294 g/mol. The lowest BCUT2D eigenvalue weighted by atomic mass is 9.82. The number of benzene rings is 1. The fraction of sp³-hybridized carbons (Fsp3) is 0.429. The van der Waals surface area contributed by atoms with Gasteiger partial charge in [-0.05, 0) is 37.1 Å². The fourth-order valence-electron chi connectivity index (χ4n) is 2.22. The van der Waals surface area contributed by atoms with Crippen molar-refractivity contribution in [2.75, 3.05) is 0 Å². The van der Waals surface area contributed by atoms with Crippen molar-refractivity contribution < 1.29 is 9.53 Å². The number of Topliss-reactive ketones (excluding diaryl/α,β-unsaturated/α-hetero) is 1. The van der Waals surface area contributed by atoms with E-state index >= 15 is 0 Å². The summed E-state index contributed by atoms with van der Waals surface area (Å²) in [4.78, 5) is 11.9. The number of carbonyl (C=O) groups excluding carboxylic acids is 1. The summed E-state index contributed by atoms with van der Waals surface area (Å²) >= 11 is 3.35. The minimum absolute atomic E-state index is 0.0529. The average molecular weight is 310 g/mol. The van der Waals surface area contributed by atoms with Crippen molar-refractivity contribution in [2.24, 2.45) is 0 Å². The number of hydrogen-bond donors (Lipinski definition) is 0. The molecule has 0 amide bonds. The van der Waals surface area contributed by atoms with E-state index in [4.69, 9.17) is 0 Å². The predicted octanol–water partition coefficient (Wildman–Crippen LogP) is 3.28. The van der Waals surface area contributed by atoms with Gasteiger partial charge in [0.15, 0.2) is 6.21 Å². The van der Waals surface area contributed by atoms with Gasteiger partial charge in [-0.1, -0.05) is 15.9 Å². The zero-order chi connectivity index (χ0) is 13.2. The highest BCUT2D eigenvalue weighted by Gasteiger charge is 2.42. The van der Waals surface area contributed by atoms with Crippen LogP contribution in [0, 0.1) is 5.21 Å². The minimum Gasteiger partial charge on any atom is -0.623 e. The quantitative estimate of drug-likeness (QED) is 0.364. The van der Waals surface area contributed by atoms with Crippen LogP contribution in [0.15, 0.2) is 28.7 Å². The molecule has 0 unspecified atom stereocenters. The number of hydroxylamine groups is 1. The second-order valence-electron chi connectivity index (χ2n) is 4.91. The van der Waals surface area contributed by atoms with Crippen molar-refractivity contribution in [3.63, 3.8) is 0 Å².